The van der Waals surface area contributed by atoms with Crippen molar-refractivity contribution in [1.29, 1.82) is 0 Å². The highest BCUT2D eigenvalue weighted by Gasteiger charge is 2.22. The van der Waals surface area contributed by atoms with E-state index in [0.717, 1.165) is 5.56 Å². The molecule has 0 saturated heterocycles. The Morgan fingerprint density at radius 2 is 1.91 bits per heavy atom. The van der Waals surface area contributed by atoms with E-state index in [2.05, 4.69) is 10.0 Å². The lowest BCUT2D eigenvalue weighted by molar-refractivity contribution is -0.118. The molecular weight excluding hydrogens is 316 g/mol. The third kappa shape index (κ3) is 3.35. The maximum Gasteiger partial charge on any atom is 0.262 e. The van der Waals surface area contributed by atoms with Crippen LogP contribution in [0.15, 0.2) is 53.4 Å². The highest BCUT2D eigenvalue weighted by Crippen LogP contribution is 2.30. The first-order chi connectivity index (χ1) is 11.0. The highest BCUT2D eigenvalue weighted by atomic mass is 32.2. The number of amides is 1. The van der Waals surface area contributed by atoms with Crippen LogP contribution in [0.3, 0.4) is 0 Å². The molecule has 1 aliphatic heterocycles. The van der Waals surface area contributed by atoms with Gasteiger partial charge in [0.25, 0.3) is 5.91 Å². The summed E-state index contributed by atoms with van der Waals surface area (Å²) in [7, 11) is -3.70. The predicted octanol–water partition coefficient (Wildman–Crippen LogP) is 2.06. The van der Waals surface area contributed by atoms with E-state index in [-0.39, 0.29) is 23.5 Å². The molecule has 1 unspecified atom stereocenters. The van der Waals surface area contributed by atoms with Crippen molar-refractivity contribution in [2.45, 2.75) is 17.9 Å². The minimum atomic E-state index is -3.70. The van der Waals surface area contributed by atoms with Gasteiger partial charge in [0.2, 0.25) is 10.0 Å². The second-order valence-electron chi connectivity index (χ2n) is 5.25. The van der Waals surface area contributed by atoms with Crippen LogP contribution in [0.5, 0.6) is 5.75 Å². The van der Waals surface area contributed by atoms with Crippen molar-refractivity contribution in [3.05, 3.63) is 54.1 Å². The summed E-state index contributed by atoms with van der Waals surface area (Å²) in [6.45, 7) is 1.66. The zero-order chi connectivity index (χ0) is 16.4. The SMILES string of the molecule is CC(NS(=O)(=O)c1ccc2c(c1)OCC(=O)N2)c1ccccc1. The first-order valence-electron chi connectivity index (χ1n) is 7.10. The van der Waals surface area contributed by atoms with Crippen LogP contribution in [0.2, 0.25) is 0 Å². The van der Waals surface area contributed by atoms with Crippen LogP contribution < -0.4 is 14.8 Å². The third-order valence-corrected chi connectivity index (χ3v) is 5.07. The molecule has 7 heteroatoms. The van der Waals surface area contributed by atoms with Crippen LogP contribution in [0.1, 0.15) is 18.5 Å². The molecule has 23 heavy (non-hydrogen) atoms. The van der Waals surface area contributed by atoms with E-state index < -0.39 is 10.0 Å². The fourth-order valence-corrected chi connectivity index (χ4v) is 3.58. The van der Waals surface area contributed by atoms with Crippen molar-refractivity contribution in [2.24, 2.45) is 0 Å². The summed E-state index contributed by atoms with van der Waals surface area (Å²) in [5.41, 5.74) is 1.34. The molecule has 0 spiro atoms. The van der Waals surface area contributed by atoms with Crippen molar-refractivity contribution in [1.82, 2.24) is 4.72 Å². The number of anilines is 1. The van der Waals surface area contributed by atoms with Crippen molar-refractivity contribution in [3.63, 3.8) is 0 Å². The fraction of sp³-hybridized carbons (Fsp3) is 0.188. The molecule has 6 nitrogen and oxygen atoms in total. The van der Waals surface area contributed by atoms with Gasteiger partial charge in [0.05, 0.1) is 10.6 Å². The molecule has 0 fully saturated rings. The van der Waals surface area contributed by atoms with E-state index in [4.69, 9.17) is 4.74 Å². The molecule has 2 N–H and O–H groups in total. The van der Waals surface area contributed by atoms with Gasteiger partial charge in [-0.1, -0.05) is 30.3 Å². The minimum absolute atomic E-state index is 0.0928. The quantitative estimate of drug-likeness (QED) is 0.897. The average Bonchev–Trinajstić information content (AvgIpc) is 2.54. The summed E-state index contributed by atoms with van der Waals surface area (Å²) >= 11 is 0. The Hall–Kier alpha value is -2.38. The van der Waals surface area contributed by atoms with Crippen LogP contribution in [-0.4, -0.2) is 20.9 Å². The van der Waals surface area contributed by atoms with Gasteiger partial charge in [0, 0.05) is 12.1 Å². The lowest BCUT2D eigenvalue weighted by Gasteiger charge is -2.19. The number of nitrogens with one attached hydrogen (secondary N) is 2. The van der Waals surface area contributed by atoms with Crippen molar-refractivity contribution >= 4 is 21.6 Å². The van der Waals surface area contributed by atoms with Crippen molar-refractivity contribution < 1.29 is 17.9 Å². The van der Waals surface area contributed by atoms with E-state index in [0.29, 0.717) is 11.4 Å². The number of hydrogen-bond donors (Lipinski definition) is 2. The Morgan fingerprint density at radius 1 is 1.17 bits per heavy atom. The molecule has 0 aliphatic carbocycles. The number of fused-ring (bicyclic) bond motifs is 1. The first-order valence-corrected chi connectivity index (χ1v) is 8.58. The Balaban J connectivity index is 1.84. The molecule has 0 saturated carbocycles. The van der Waals surface area contributed by atoms with Crippen molar-refractivity contribution in [2.75, 3.05) is 11.9 Å². The molecule has 2 aromatic rings. The number of hydrogen-bond acceptors (Lipinski definition) is 4. The lowest BCUT2D eigenvalue weighted by Crippen LogP contribution is -2.28. The van der Waals surface area contributed by atoms with E-state index in [1.54, 1.807) is 6.92 Å². The Kier molecular flexibility index (Phi) is 4.06. The van der Waals surface area contributed by atoms with Crippen LogP contribution >= 0.6 is 0 Å². The second kappa shape index (κ2) is 6.02. The van der Waals surface area contributed by atoms with Crippen LogP contribution in [0.4, 0.5) is 5.69 Å². The summed E-state index contributed by atoms with van der Waals surface area (Å²) < 4.78 is 32.9. The number of rotatable bonds is 4. The molecule has 0 bridgehead atoms. The molecule has 1 amide bonds. The highest BCUT2D eigenvalue weighted by molar-refractivity contribution is 7.89. The minimum Gasteiger partial charge on any atom is -0.482 e. The molecule has 1 aliphatic rings. The zero-order valence-electron chi connectivity index (χ0n) is 12.4. The van der Waals surface area contributed by atoms with E-state index in [1.165, 1.54) is 18.2 Å². The number of carbonyl (C=O) groups excluding carboxylic acids is 1. The van der Waals surface area contributed by atoms with Crippen LogP contribution in [0, 0.1) is 0 Å². The first kappa shape index (κ1) is 15.5. The molecule has 0 aromatic heterocycles. The van der Waals surface area contributed by atoms with Gasteiger partial charge < -0.3 is 10.1 Å². The summed E-state index contributed by atoms with van der Waals surface area (Å²) in [5, 5.41) is 2.63. The van der Waals surface area contributed by atoms with Crippen LogP contribution in [-0.2, 0) is 14.8 Å². The summed E-state index contributed by atoms with van der Waals surface area (Å²) in [6, 6.07) is 13.3. The fourth-order valence-electron chi connectivity index (χ4n) is 2.33. The smallest absolute Gasteiger partial charge is 0.262 e. The van der Waals surface area contributed by atoms with E-state index in [1.807, 2.05) is 30.3 Å². The van der Waals surface area contributed by atoms with Gasteiger partial charge >= 0.3 is 0 Å². The summed E-state index contributed by atoms with van der Waals surface area (Å²) in [4.78, 5) is 11.3. The van der Waals surface area contributed by atoms with Gasteiger partial charge in [-0.15, -0.1) is 0 Å². The lowest BCUT2D eigenvalue weighted by atomic mass is 10.1. The topological polar surface area (TPSA) is 84.5 Å². The van der Waals surface area contributed by atoms with Gasteiger partial charge in [0.15, 0.2) is 6.61 Å². The van der Waals surface area contributed by atoms with Gasteiger partial charge in [0.1, 0.15) is 5.75 Å². The molecule has 3 rings (SSSR count). The largest absolute Gasteiger partial charge is 0.482 e. The van der Waals surface area contributed by atoms with E-state index in [9.17, 15) is 13.2 Å². The van der Waals surface area contributed by atoms with Gasteiger partial charge in [-0.25, -0.2) is 13.1 Å². The average molecular weight is 332 g/mol. The third-order valence-electron chi connectivity index (χ3n) is 3.53. The van der Waals surface area contributed by atoms with Gasteiger partial charge in [-0.05, 0) is 24.6 Å². The molecule has 0 radical (unpaired) electrons. The molecule has 1 heterocycles. The van der Waals surface area contributed by atoms with Crippen molar-refractivity contribution in [3.8, 4) is 5.75 Å². The predicted molar refractivity (Wildman–Crippen MR) is 85.7 cm³/mol. The number of carbonyl (C=O) groups is 1. The zero-order valence-corrected chi connectivity index (χ0v) is 13.3. The summed E-state index contributed by atoms with van der Waals surface area (Å²) in [6.07, 6.45) is 0. The maximum atomic E-state index is 12.5. The normalized spacial score (nSPS) is 15.3. The van der Waals surface area contributed by atoms with Gasteiger partial charge in [-0.2, -0.15) is 0 Å². The Bertz CT molecular complexity index is 834. The monoisotopic (exact) mass is 332 g/mol. The molecule has 120 valence electrons. The Morgan fingerprint density at radius 3 is 2.65 bits per heavy atom. The second-order valence-corrected chi connectivity index (χ2v) is 6.96. The number of ether oxygens (including phenoxy) is 1. The molecular formula is C16H16N2O4S. The van der Waals surface area contributed by atoms with E-state index >= 15 is 0 Å². The van der Waals surface area contributed by atoms with Gasteiger partial charge in [-0.3, -0.25) is 4.79 Å². The number of benzene rings is 2. The molecule has 1 atom stereocenters. The standard InChI is InChI=1S/C16H16N2O4S/c1-11(12-5-3-2-4-6-12)18-23(20,21)13-7-8-14-15(9-13)22-10-16(19)17-14/h2-9,11,18H,10H2,1H3,(H,17,19). The number of sulfonamides is 1. The van der Waals surface area contributed by atoms with Crippen LogP contribution in [0.25, 0.3) is 0 Å². The Labute approximate surface area is 134 Å². The maximum absolute atomic E-state index is 12.5. The molecule has 2 aromatic carbocycles. The summed E-state index contributed by atoms with van der Waals surface area (Å²) in [5.74, 6) is 0.0868.